The Kier molecular flexibility index (Phi) is 25.9. The number of hydrogen-bond acceptors (Lipinski definition) is 12. The summed E-state index contributed by atoms with van der Waals surface area (Å²) in [6.07, 6.45) is 19.2. The summed E-state index contributed by atoms with van der Waals surface area (Å²) >= 11 is 0. The summed E-state index contributed by atoms with van der Waals surface area (Å²) in [6, 6.07) is 73.8. The number of benzene rings is 14. The number of phenolic OH excluding ortho intramolecular Hbond substituents is 6. The highest BCUT2D eigenvalue weighted by Crippen LogP contribution is 2.48. The first kappa shape index (κ1) is 85.9. The average Bonchev–Trinajstić information content (AvgIpc) is 1.28. The van der Waals surface area contributed by atoms with Gasteiger partial charge in [-0.15, -0.1) is 0 Å². The lowest BCUT2D eigenvalue weighted by Crippen LogP contribution is -2.27. The topological polar surface area (TPSA) is 196 Å². The van der Waals surface area contributed by atoms with Crippen molar-refractivity contribution in [3.8, 4) is 56.8 Å². The smallest absolute Gasteiger partial charge is 0.132 e. The van der Waals surface area contributed by atoms with Crippen LogP contribution in [0.5, 0.6) is 34.5 Å². The second-order valence-corrected chi connectivity index (χ2v) is 35.2. The predicted molar refractivity (Wildman–Crippen MR) is 519 cm³/mol. The average molecular weight is 1640 g/mol. The molecule has 3 aliphatic rings. The first-order chi connectivity index (χ1) is 59.7. The molecule has 14 aromatic carbocycles. The fourth-order valence-corrected chi connectivity index (χ4v) is 19.0. The van der Waals surface area contributed by atoms with Gasteiger partial charge in [-0.05, 0) is 280 Å². The molecule has 0 radical (unpaired) electrons. The van der Waals surface area contributed by atoms with Crippen LogP contribution in [0.4, 0.5) is 0 Å². The molecule has 6 N–H and O–H groups in total. The van der Waals surface area contributed by atoms with Crippen molar-refractivity contribution in [1.82, 2.24) is 0 Å². The van der Waals surface area contributed by atoms with Gasteiger partial charge < -0.3 is 30.6 Å². The molecular weight excluding hydrogens is 1530 g/mol. The lowest BCUT2D eigenvalue weighted by molar-refractivity contribution is 0.390. The van der Waals surface area contributed by atoms with Crippen LogP contribution in [0.3, 0.4) is 0 Å². The largest absolute Gasteiger partial charge is 0.507 e. The fraction of sp³-hybridized carbons (Fsp3) is 0.268. The highest BCUT2D eigenvalue weighted by molar-refractivity contribution is 6.13. The van der Waals surface area contributed by atoms with Crippen molar-refractivity contribution in [2.75, 3.05) is 0 Å². The zero-order valence-corrected chi connectivity index (χ0v) is 73.9. The third-order valence-electron chi connectivity index (χ3n) is 25.5. The van der Waals surface area contributed by atoms with E-state index in [1.54, 1.807) is 24.9 Å². The normalized spacial score (nSPS) is 16.9. The SMILES string of the molecule is Cc1cc(C)c(O)c(C=N[C@@H]2CCCC[C@H]2N=Cc2cc(C)cc(C)c2O)c1.Cc1cc(C)cc([C@H](N=Cc2ccc3c(c2O)[C@H](C)CC3)[C@@H](N=Cc2ccc3c(c2O)[C@H](C)CC3)c2cc(C)cc(C)c2)c1.Cc1ccc2ccccc2c1-c1c(O)c(C=N[C@@H](C)[C@H](C)N=Cc2cc3ccccc3c(-c3c(C)ccc4ccccc34)c2O)cc2ccccc12. The molecule has 1 fully saturated rings. The summed E-state index contributed by atoms with van der Waals surface area (Å²) in [5.41, 5.74) is 25.6. The highest BCUT2D eigenvalue weighted by Gasteiger charge is 2.31. The van der Waals surface area contributed by atoms with Crippen LogP contribution in [-0.4, -0.2) is 92.1 Å². The van der Waals surface area contributed by atoms with Gasteiger partial charge in [-0.2, -0.15) is 0 Å². The Labute approximate surface area is 730 Å². The molecule has 0 heterocycles. The monoisotopic (exact) mass is 1640 g/mol. The van der Waals surface area contributed by atoms with E-state index in [9.17, 15) is 30.6 Å². The van der Waals surface area contributed by atoms with Gasteiger partial charge in [0.2, 0.25) is 0 Å². The molecule has 0 bridgehead atoms. The maximum Gasteiger partial charge on any atom is 0.132 e. The van der Waals surface area contributed by atoms with Crippen LogP contribution in [0.2, 0.25) is 0 Å². The number of aryl methyl sites for hydroxylation is 12. The van der Waals surface area contributed by atoms with Crippen LogP contribution in [0, 0.1) is 69.2 Å². The third-order valence-corrected chi connectivity index (χ3v) is 25.5. The van der Waals surface area contributed by atoms with E-state index in [4.69, 9.17) is 30.0 Å². The molecule has 0 aromatic heterocycles. The minimum absolute atomic E-state index is 0.0956. The van der Waals surface area contributed by atoms with Gasteiger partial charge >= 0.3 is 0 Å². The summed E-state index contributed by atoms with van der Waals surface area (Å²) in [6.45, 7) is 28.9. The van der Waals surface area contributed by atoms with Crippen molar-refractivity contribution in [2.45, 2.75) is 196 Å². The number of phenols is 6. The van der Waals surface area contributed by atoms with E-state index in [1.165, 1.54) is 33.4 Å². The zero-order valence-electron chi connectivity index (χ0n) is 73.9. The highest BCUT2D eigenvalue weighted by atomic mass is 16.3. The summed E-state index contributed by atoms with van der Waals surface area (Å²) in [5.74, 6) is 2.38. The van der Waals surface area contributed by atoms with Crippen molar-refractivity contribution in [1.29, 1.82) is 0 Å². The van der Waals surface area contributed by atoms with Gasteiger partial charge in [0, 0.05) is 92.9 Å². The minimum Gasteiger partial charge on any atom is -0.507 e. The number of rotatable bonds is 18. The van der Waals surface area contributed by atoms with Crippen LogP contribution >= 0.6 is 0 Å². The van der Waals surface area contributed by atoms with Gasteiger partial charge in [0.15, 0.2) is 0 Å². The molecule has 0 spiro atoms. The van der Waals surface area contributed by atoms with E-state index >= 15 is 0 Å². The number of aromatic hydroxyl groups is 6. The summed E-state index contributed by atoms with van der Waals surface area (Å²) in [5, 5.41) is 75.6. The number of fused-ring (bicyclic) bond motifs is 6. The maximum absolute atomic E-state index is 11.9. The molecule has 0 saturated heterocycles. The number of aliphatic imine (C=N–C) groups is 6. The van der Waals surface area contributed by atoms with Gasteiger partial charge in [-0.1, -0.05) is 231 Å². The Morgan fingerprint density at radius 2 is 0.621 bits per heavy atom. The van der Waals surface area contributed by atoms with Gasteiger partial charge in [0.25, 0.3) is 0 Å². The zero-order chi connectivity index (χ0) is 87.3. The summed E-state index contributed by atoms with van der Waals surface area (Å²) in [4.78, 5) is 29.9. The molecule has 0 unspecified atom stereocenters. The quantitative estimate of drug-likeness (QED) is 0.0462. The standard InChI is InChI=1S/C48H40N2O2.C40H44N2O2.C24H30N2O2/c1-29-21-23-33-13-5-9-17-39(33)43(29)45-41-19-11-7-15-35(41)25-37(47(45)51)27-49-31(3)32(4)50-28-38-26-36-16-8-12-20-42(36)46(48(38)52)44-30(2)22-24-34-14-6-10-18-40(34)44;1-23-15-24(2)18-33(17-23)37(41-21-31-13-11-29-9-7-27(5)35(29)39(31)43)38(34-19-25(3)16-26(4)20-34)42-22-32-14-12-30-10-8-28(6)36(30)40(32)44;1-15-9-17(3)23(27)19(11-15)13-25-21-7-5-6-8-22(21)26-14-20-12-16(2)10-18(4)24(20)28/h5-28,31-32,51-52H,1-4H3;11-22,27-28,37-38,43-44H,7-10H2,1-6H3;9-14,21-22,27-28H,5-8H2,1-4H3/t31-,32-;27-,28-,37+,38+;21-,22-/m011/s1. The molecule has 17 rings (SSSR count). The van der Waals surface area contributed by atoms with Crippen molar-refractivity contribution >= 4 is 80.4 Å². The minimum atomic E-state index is -0.355. The Bertz CT molecular complexity index is 6170. The van der Waals surface area contributed by atoms with Gasteiger partial charge in [-0.3, -0.25) is 30.0 Å². The van der Waals surface area contributed by atoms with Gasteiger partial charge in [0.05, 0.1) is 24.2 Å². The van der Waals surface area contributed by atoms with E-state index in [0.717, 1.165) is 195 Å². The number of nitrogens with zero attached hydrogens (tertiary/aromatic N) is 6. The van der Waals surface area contributed by atoms with Crippen LogP contribution in [0.25, 0.3) is 65.3 Å². The van der Waals surface area contributed by atoms with Gasteiger partial charge in [-0.25, -0.2) is 0 Å². The Hall–Kier alpha value is -13.1. The molecular formula is C112H114N6O6. The first-order valence-corrected chi connectivity index (χ1v) is 43.9. The Morgan fingerprint density at radius 3 is 1.00 bits per heavy atom. The fourth-order valence-electron chi connectivity index (χ4n) is 19.0. The van der Waals surface area contributed by atoms with Crippen molar-refractivity contribution in [2.24, 2.45) is 30.0 Å². The molecule has 8 atom stereocenters. The second kappa shape index (κ2) is 37.3. The van der Waals surface area contributed by atoms with E-state index in [2.05, 4.69) is 177 Å². The van der Waals surface area contributed by atoms with E-state index in [0.29, 0.717) is 46.0 Å². The first-order valence-electron chi connectivity index (χ1n) is 43.9. The molecule has 14 aromatic rings. The molecule has 0 amide bonds. The van der Waals surface area contributed by atoms with Crippen LogP contribution in [-0.2, 0) is 12.8 Å². The predicted octanol–water partition coefficient (Wildman–Crippen LogP) is 26.6. The molecule has 124 heavy (non-hydrogen) atoms. The van der Waals surface area contributed by atoms with Crippen LogP contribution < -0.4 is 0 Å². The van der Waals surface area contributed by atoms with Crippen molar-refractivity contribution in [3.63, 3.8) is 0 Å². The van der Waals surface area contributed by atoms with E-state index < -0.39 is 0 Å². The molecule has 0 aliphatic heterocycles. The summed E-state index contributed by atoms with van der Waals surface area (Å²) < 4.78 is 0. The Balaban J connectivity index is 0.000000150. The summed E-state index contributed by atoms with van der Waals surface area (Å²) in [7, 11) is 0. The van der Waals surface area contributed by atoms with Crippen molar-refractivity contribution < 1.29 is 30.6 Å². The van der Waals surface area contributed by atoms with Gasteiger partial charge in [0.1, 0.15) is 46.6 Å². The van der Waals surface area contributed by atoms with Crippen molar-refractivity contribution in [3.05, 3.63) is 341 Å². The molecule has 1 saturated carbocycles. The van der Waals surface area contributed by atoms with E-state index in [1.807, 2.05) is 151 Å². The molecule has 628 valence electrons. The number of hydrogen-bond donors (Lipinski definition) is 6. The molecule has 3 aliphatic carbocycles. The van der Waals surface area contributed by atoms with E-state index in [-0.39, 0.29) is 47.8 Å². The van der Waals surface area contributed by atoms with Crippen LogP contribution in [0.1, 0.15) is 213 Å². The maximum atomic E-state index is 11.9. The third kappa shape index (κ3) is 18.5. The lowest BCUT2D eigenvalue weighted by Gasteiger charge is -2.25. The lowest BCUT2D eigenvalue weighted by atomic mass is 9.88. The Morgan fingerprint density at radius 1 is 0.290 bits per heavy atom. The molecule has 12 nitrogen and oxygen atoms in total. The second-order valence-electron chi connectivity index (χ2n) is 35.2. The van der Waals surface area contributed by atoms with Crippen LogP contribution in [0.15, 0.2) is 248 Å². The molecule has 12 heteroatoms.